The van der Waals surface area contributed by atoms with Crippen molar-refractivity contribution in [1.82, 2.24) is 4.90 Å². The van der Waals surface area contributed by atoms with E-state index < -0.39 is 17.4 Å². The number of benzene rings is 3. The highest BCUT2D eigenvalue weighted by Crippen LogP contribution is 2.26. The number of hydrogen-bond donors (Lipinski definition) is 1. The number of imide groups is 1. The van der Waals surface area contributed by atoms with Crippen LogP contribution in [0.1, 0.15) is 31.1 Å². The molecule has 156 valence electrons. The second-order valence-electron chi connectivity index (χ2n) is 7.45. The third kappa shape index (κ3) is 3.16. The SMILES string of the molecule is CN1C(=O)c2ccc(NC(=O)c3cccc(-c4cc5ccccc5oc4=O)c3)cc2C1=O. The summed E-state index contributed by atoms with van der Waals surface area (Å²) in [6.07, 6.45) is 0. The van der Waals surface area contributed by atoms with Crippen molar-refractivity contribution in [2.75, 3.05) is 12.4 Å². The van der Waals surface area contributed by atoms with Crippen LogP contribution in [0.5, 0.6) is 0 Å². The Bertz CT molecular complexity index is 1500. The van der Waals surface area contributed by atoms with Crippen molar-refractivity contribution in [2.24, 2.45) is 0 Å². The van der Waals surface area contributed by atoms with E-state index in [0.29, 0.717) is 33.5 Å². The van der Waals surface area contributed by atoms with Crippen molar-refractivity contribution in [3.8, 4) is 11.1 Å². The number of carbonyl (C=O) groups excluding carboxylic acids is 3. The smallest absolute Gasteiger partial charge is 0.344 e. The number of para-hydroxylation sites is 1. The normalized spacial score (nSPS) is 12.8. The third-order valence-corrected chi connectivity index (χ3v) is 5.42. The molecule has 4 aromatic rings. The average molecular weight is 424 g/mol. The van der Waals surface area contributed by atoms with Crippen molar-refractivity contribution in [3.05, 3.63) is 99.9 Å². The lowest BCUT2D eigenvalue weighted by Gasteiger charge is -2.08. The molecule has 3 aromatic carbocycles. The lowest BCUT2D eigenvalue weighted by Crippen LogP contribution is -2.24. The van der Waals surface area contributed by atoms with Crippen LogP contribution >= 0.6 is 0 Å². The van der Waals surface area contributed by atoms with Crippen LogP contribution in [0, 0.1) is 0 Å². The van der Waals surface area contributed by atoms with Gasteiger partial charge in [0.2, 0.25) is 0 Å². The van der Waals surface area contributed by atoms with Gasteiger partial charge in [-0.25, -0.2) is 4.79 Å². The first-order valence-corrected chi connectivity index (χ1v) is 9.83. The number of fused-ring (bicyclic) bond motifs is 2. The topological polar surface area (TPSA) is 96.7 Å². The molecule has 0 saturated heterocycles. The Morgan fingerprint density at radius 3 is 2.44 bits per heavy atom. The highest BCUT2D eigenvalue weighted by molar-refractivity contribution is 6.21. The maximum atomic E-state index is 12.8. The second kappa shape index (κ2) is 7.31. The standard InChI is InChI=1S/C25H16N2O5/c1-27-23(29)18-10-9-17(13-20(18)24(27)30)26-22(28)16-7-4-6-14(11-16)19-12-15-5-2-3-8-21(15)32-25(19)31/h2-13H,1H3,(H,26,28). The molecule has 0 aliphatic carbocycles. The van der Waals surface area contributed by atoms with E-state index in [2.05, 4.69) is 5.32 Å². The van der Waals surface area contributed by atoms with E-state index in [4.69, 9.17) is 4.42 Å². The number of carbonyl (C=O) groups is 3. The molecule has 0 bridgehead atoms. The molecule has 0 saturated carbocycles. The fourth-order valence-electron chi connectivity index (χ4n) is 3.73. The number of hydrogen-bond acceptors (Lipinski definition) is 5. The number of rotatable bonds is 3. The monoisotopic (exact) mass is 424 g/mol. The van der Waals surface area contributed by atoms with Crippen molar-refractivity contribution in [2.45, 2.75) is 0 Å². The quantitative estimate of drug-likeness (QED) is 0.397. The minimum absolute atomic E-state index is 0.248. The summed E-state index contributed by atoms with van der Waals surface area (Å²) >= 11 is 0. The number of nitrogens with one attached hydrogen (secondary N) is 1. The van der Waals surface area contributed by atoms with E-state index in [1.807, 2.05) is 12.1 Å². The molecule has 1 aliphatic rings. The predicted octanol–water partition coefficient (Wildman–Crippen LogP) is 3.94. The molecule has 0 atom stereocenters. The molecule has 0 spiro atoms. The van der Waals surface area contributed by atoms with Crippen LogP contribution in [-0.4, -0.2) is 29.7 Å². The zero-order chi connectivity index (χ0) is 22.4. The zero-order valence-corrected chi connectivity index (χ0v) is 16.9. The first kappa shape index (κ1) is 19.4. The molecule has 2 heterocycles. The first-order valence-electron chi connectivity index (χ1n) is 9.83. The predicted molar refractivity (Wildman–Crippen MR) is 119 cm³/mol. The summed E-state index contributed by atoms with van der Waals surface area (Å²) in [6, 6.07) is 20.1. The van der Waals surface area contributed by atoms with Crippen molar-refractivity contribution >= 4 is 34.4 Å². The van der Waals surface area contributed by atoms with E-state index in [0.717, 1.165) is 10.3 Å². The molecule has 3 amide bonds. The van der Waals surface area contributed by atoms with Gasteiger partial charge in [-0.1, -0.05) is 30.3 Å². The molecule has 1 aromatic heterocycles. The maximum Gasteiger partial charge on any atom is 0.344 e. The van der Waals surface area contributed by atoms with E-state index in [1.54, 1.807) is 48.5 Å². The van der Waals surface area contributed by atoms with E-state index >= 15 is 0 Å². The Morgan fingerprint density at radius 2 is 1.59 bits per heavy atom. The van der Waals surface area contributed by atoms with Crippen LogP contribution in [0.15, 0.2) is 82.0 Å². The lowest BCUT2D eigenvalue weighted by molar-refractivity contribution is 0.0692. The van der Waals surface area contributed by atoms with E-state index in [1.165, 1.54) is 19.2 Å². The van der Waals surface area contributed by atoms with Gasteiger partial charge in [0, 0.05) is 23.7 Å². The molecule has 5 rings (SSSR count). The average Bonchev–Trinajstić information content (AvgIpc) is 3.02. The van der Waals surface area contributed by atoms with Crippen LogP contribution < -0.4 is 10.9 Å². The number of amides is 3. The maximum absolute atomic E-state index is 12.8. The third-order valence-electron chi connectivity index (χ3n) is 5.42. The summed E-state index contributed by atoms with van der Waals surface area (Å²) in [6.45, 7) is 0. The highest BCUT2D eigenvalue weighted by Gasteiger charge is 2.32. The fraction of sp³-hybridized carbons (Fsp3) is 0.0400. The van der Waals surface area contributed by atoms with Crippen molar-refractivity contribution in [3.63, 3.8) is 0 Å². The molecule has 0 radical (unpaired) electrons. The molecule has 32 heavy (non-hydrogen) atoms. The van der Waals surface area contributed by atoms with Gasteiger partial charge in [0.25, 0.3) is 17.7 Å². The van der Waals surface area contributed by atoms with Gasteiger partial charge in [-0.05, 0) is 48.0 Å². The second-order valence-corrected chi connectivity index (χ2v) is 7.45. The van der Waals surface area contributed by atoms with E-state index in [9.17, 15) is 19.2 Å². The molecule has 0 unspecified atom stereocenters. The van der Waals surface area contributed by atoms with Gasteiger partial charge in [-0.2, -0.15) is 0 Å². The molecule has 0 fully saturated rings. The number of nitrogens with zero attached hydrogens (tertiary/aromatic N) is 1. The summed E-state index contributed by atoms with van der Waals surface area (Å²) in [5.41, 5.74) is 2.17. The lowest BCUT2D eigenvalue weighted by atomic mass is 10.0. The van der Waals surface area contributed by atoms with Crippen molar-refractivity contribution < 1.29 is 18.8 Å². The number of anilines is 1. The van der Waals surface area contributed by atoms with Crippen LogP contribution in [0.2, 0.25) is 0 Å². The van der Waals surface area contributed by atoms with Gasteiger partial charge in [0.05, 0.1) is 16.7 Å². The Labute approximate surface area is 181 Å². The van der Waals surface area contributed by atoms with Gasteiger partial charge < -0.3 is 9.73 Å². The van der Waals surface area contributed by atoms with Crippen molar-refractivity contribution in [1.29, 1.82) is 0 Å². The minimum atomic E-state index is -0.493. The molecular formula is C25H16N2O5. The van der Waals surface area contributed by atoms with E-state index in [-0.39, 0.29) is 11.5 Å². The minimum Gasteiger partial charge on any atom is -0.422 e. The van der Waals surface area contributed by atoms with Crippen LogP contribution in [0.3, 0.4) is 0 Å². The van der Waals surface area contributed by atoms with Crippen LogP contribution in [0.4, 0.5) is 5.69 Å². The molecule has 7 heteroatoms. The van der Waals surface area contributed by atoms with Gasteiger partial charge in [-0.3, -0.25) is 19.3 Å². The summed E-state index contributed by atoms with van der Waals surface area (Å²) in [5, 5.41) is 3.52. The Balaban J connectivity index is 1.45. The first-order chi connectivity index (χ1) is 15.4. The van der Waals surface area contributed by atoms with Gasteiger partial charge >= 0.3 is 5.63 Å². The molecule has 1 aliphatic heterocycles. The molecule has 7 nitrogen and oxygen atoms in total. The Kier molecular flexibility index (Phi) is 4.44. The highest BCUT2D eigenvalue weighted by atomic mass is 16.4. The van der Waals surface area contributed by atoms with Crippen LogP contribution in [0.25, 0.3) is 22.1 Å². The van der Waals surface area contributed by atoms with Crippen LogP contribution in [-0.2, 0) is 0 Å². The largest absolute Gasteiger partial charge is 0.422 e. The summed E-state index contributed by atoms with van der Waals surface area (Å²) in [4.78, 5) is 50.6. The Morgan fingerprint density at radius 1 is 0.812 bits per heavy atom. The summed E-state index contributed by atoms with van der Waals surface area (Å²) < 4.78 is 5.39. The van der Waals surface area contributed by atoms with Gasteiger partial charge in [0.1, 0.15) is 5.58 Å². The Hall–Kier alpha value is -4.52. The summed E-state index contributed by atoms with van der Waals surface area (Å²) in [7, 11) is 1.41. The summed E-state index contributed by atoms with van der Waals surface area (Å²) in [5.74, 6) is -1.20. The fourth-order valence-corrected chi connectivity index (χ4v) is 3.73. The van der Waals surface area contributed by atoms with Gasteiger partial charge in [0.15, 0.2) is 0 Å². The molecular weight excluding hydrogens is 408 g/mol. The zero-order valence-electron chi connectivity index (χ0n) is 16.9. The molecule has 1 N–H and O–H groups in total. The van der Waals surface area contributed by atoms with Gasteiger partial charge in [-0.15, -0.1) is 0 Å².